The molecule has 3 N–H and O–H groups in total. The summed E-state index contributed by atoms with van der Waals surface area (Å²) in [5.41, 5.74) is 7.31. The molecule has 1 heterocycles. The van der Waals surface area contributed by atoms with E-state index in [1.165, 1.54) is 19.4 Å². The summed E-state index contributed by atoms with van der Waals surface area (Å²) in [4.78, 5) is 15.6. The van der Waals surface area contributed by atoms with Crippen LogP contribution in [-0.4, -0.2) is 17.9 Å². The topological polar surface area (TPSA) is 68.1 Å². The van der Waals surface area contributed by atoms with Gasteiger partial charge in [-0.2, -0.15) is 0 Å². The highest BCUT2D eigenvalue weighted by Crippen LogP contribution is 2.30. The van der Waals surface area contributed by atoms with E-state index in [4.69, 9.17) is 10.5 Å². The molecule has 21 heavy (non-hydrogen) atoms. The minimum atomic E-state index is -0.444. The van der Waals surface area contributed by atoms with E-state index in [1.807, 2.05) is 0 Å². The molecule has 0 bridgehead atoms. The second-order valence-corrected chi connectivity index (χ2v) is 4.62. The Balaban J connectivity index is 2.20. The number of ether oxygens (including phenoxy) is 1. The molecular weight excluding hydrogens is 271 g/mol. The molecule has 3 aromatic rings. The van der Waals surface area contributed by atoms with Gasteiger partial charge < -0.3 is 15.5 Å². The number of hydrogen-bond acceptors (Lipinski definition) is 3. The summed E-state index contributed by atoms with van der Waals surface area (Å²) in [6, 6.07) is 9.54. The number of para-hydroxylation sites is 1. The lowest BCUT2D eigenvalue weighted by Gasteiger charge is -2.09. The van der Waals surface area contributed by atoms with Gasteiger partial charge in [0.1, 0.15) is 5.82 Å². The molecule has 0 radical (unpaired) electrons. The molecular formula is C16H13FN2O2. The van der Waals surface area contributed by atoms with E-state index < -0.39 is 5.82 Å². The summed E-state index contributed by atoms with van der Waals surface area (Å²) in [5.74, 6) is -0.483. The fraction of sp³-hybridized carbons (Fsp3) is 0.0625. The van der Waals surface area contributed by atoms with Crippen molar-refractivity contribution >= 4 is 22.4 Å². The van der Waals surface area contributed by atoms with E-state index in [0.29, 0.717) is 22.5 Å². The van der Waals surface area contributed by atoms with Crippen molar-refractivity contribution in [3.05, 3.63) is 59.5 Å². The molecule has 0 saturated carbocycles. The lowest BCUT2D eigenvalue weighted by molar-refractivity contribution is 0.103. The summed E-state index contributed by atoms with van der Waals surface area (Å²) in [6.45, 7) is 0. The predicted octanol–water partition coefficient (Wildman–Crippen LogP) is 3.13. The minimum Gasteiger partial charge on any atom is -0.494 e. The number of aromatic amines is 1. The van der Waals surface area contributed by atoms with Crippen LogP contribution >= 0.6 is 0 Å². The Labute approximate surface area is 120 Å². The van der Waals surface area contributed by atoms with Crippen LogP contribution in [0.1, 0.15) is 15.9 Å². The third-order valence-corrected chi connectivity index (χ3v) is 3.39. The maximum absolute atomic E-state index is 14.0. The number of rotatable bonds is 3. The number of nitrogens with two attached hydrogens (primary N) is 1. The van der Waals surface area contributed by atoms with E-state index >= 15 is 0 Å². The number of fused-ring (bicyclic) bond motifs is 1. The maximum Gasteiger partial charge on any atom is 0.199 e. The Kier molecular flexibility index (Phi) is 3.10. The molecule has 0 fully saturated rings. The first-order valence-electron chi connectivity index (χ1n) is 6.36. The number of methoxy groups -OCH3 is 1. The van der Waals surface area contributed by atoms with Crippen LogP contribution in [0.4, 0.5) is 10.1 Å². The van der Waals surface area contributed by atoms with Crippen LogP contribution < -0.4 is 10.5 Å². The number of ketones is 1. The molecule has 0 aliphatic heterocycles. The van der Waals surface area contributed by atoms with Crippen molar-refractivity contribution in [2.45, 2.75) is 0 Å². The number of hydrogen-bond donors (Lipinski definition) is 2. The van der Waals surface area contributed by atoms with Crippen LogP contribution in [0.15, 0.2) is 42.6 Å². The van der Waals surface area contributed by atoms with Crippen molar-refractivity contribution in [2.75, 3.05) is 12.8 Å². The van der Waals surface area contributed by atoms with Gasteiger partial charge in [0.25, 0.3) is 0 Å². The van der Waals surface area contributed by atoms with Crippen LogP contribution in [0, 0.1) is 5.82 Å². The zero-order valence-corrected chi connectivity index (χ0v) is 11.3. The molecule has 0 atom stereocenters. The number of H-pyrrole nitrogens is 1. The summed E-state index contributed by atoms with van der Waals surface area (Å²) in [5, 5.41) is 0.270. The van der Waals surface area contributed by atoms with Gasteiger partial charge in [0.15, 0.2) is 11.5 Å². The van der Waals surface area contributed by atoms with Crippen LogP contribution in [0.3, 0.4) is 0 Å². The van der Waals surface area contributed by atoms with Gasteiger partial charge in [-0.3, -0.25) is 4.79 Å². The number of halogens is 1. The van der Waals surface area contributed by atoms with Crippen LogP contribution in [-0.2, 0) is 0 Å². The lowest BCUT2D eigenvalue weighted by Crippen LogP contribution is -2.05. The number of nitrogen functional groups attached to an aromatic ring is 1. The van der Waals surface area contributed by atoms with Crippen LogP contribution in [0.5, 0.6) is 5.75 Å². The predicted molar refractivity (Wildman–Crippen MR) is 79.1 cm³/mol. The van der Waals surface area contributed by atoms with Gasteiger partial charge in [-0.15, -0.1) is 0 Å². The summed E-state index contributed by atoms with van der Waals surface area (Å²) < 4.78 is 19.2. The highest BCUT2D eigenvalue weighted by molar-refractivity contribution is 6.18. The average molecular weight is 284 g/mol. The highest BCUT2D eigenvalue weighted by Gasteiger charge is 2.20. The fourth-order valence-corrected chi connectivity index (χ4v) is 2.43. The van der Waals surface area contributed by atoms with Gasteiger partial charge in [-0.25, -0.2) is 4.39 Å². The monoisotopic (exact) mass is 284 g/mol. The van der Waals surface area contributed by atoms with Gasteiger partial charge in [-0.1, -0.05) is 12.1 Å². The number of nitrogens with one attached hydrogen (secondary N) is 1. The third-order valence-electron chi connectivity index (χ3n) is 3.39. The zero-order valence-electron chi connectivity index (χ0n) is 11.3. The molecule has 3 rings (SSSR count). The minimum absolute atomic E-state index is 0.256. The number of carbonyl (C=O) groups is 1. The van der Waals surface area contributed by atoms with Crippen LogP contribution in [0.25, 0.3) is 10.9 Å². The Morgan fingerprint density at radius 2 is 1.95 bits per heavy atom. The normalized spacial score (nSPS) is 10.8. The molecule has 0 saturated heterocycles. The van der Waals surface area contributed by atoms with Gasteiger partial charge in [0.2, 0.25) is 0 Å². The van der Waals surface area contributed by atoms with E-state index in [1.54, 1.807) is 30.3 Å². The average Bonchev–Trinajstić information content (AvgIpc) is 2.91. The van der Waals surface area contributed by atoms with Gasteiger partial charge in [0, 0.05) is 17.1 Å². The van der Waals surface area contributed by atoms with Crippen molar-refractivity contribution in [1.82, 2.24) is 4.98 Å². The molecule has 1 aromatic heterocycles. The van der Waals surface area contributed by atoms with Gasteiger partial charge >= 0.3 is 0 Å². The first-order valence-corrected chi connectivity index (χ1v) is 6.36. The quantitative estimate of drug-likeness (QED) is 0.573. The van der Waals surface area contributed by atoms with Gasteiger partial charge in [0.05, 0.1) is 23.9 Å². The number of aromatic nitrogens is 1. The molecule has 106 valence electrons. The Morgan fingerprint density at radius 3 is 2.71 bits per heavy atom. The van der Waals surface area contributed by atoms with Gasteiger partial charge in [-0.05, 0) is 24.3 Å². The molecule has 0 aliphatic rings. The van der Waals surface area contributed by atoms with Crippen molar-refractivity contribution in [3.8, 4) is 5.75 Å². The van der Waals surface area contributed by atoms with Crippen molar-refractivity contribution in [3.63, 3.8) is 0 Å². The lowest BCUT2D eigenvalue weighted by atomic mass is 10.0. The Morgan fingerprint density at radius 1 is 1.19 bits per heavy atom. The SMILES string of the molecule is COc1c(N)cccc1C(=O)c1c[nH]c2cccc(F)c12. The molecule has 4 nitrogen and oxygen atoms in total. The molecule has 0 aliphatic carbocycles. The molecule has 2 aromatic carbocycles. The number of carbonyl (C=O) groups excluding carboxylic acids is 1. The van der Waals surface area contributed by atoms with E-state index in [-0.39, 0.29) is 16.7 Å². The fourth-order valence-electron chi connectivity index (χ4n) is 2.43. The molecule has 0 amide bonds. The molecule has 0 spiro atoms. The van der Waals surface area contributed by atoms with E-state index in [2.05, 4.69) is 4.98 Å². The second-order valence-electron chi connectivity index (χ2n) is 4.62. The van der Waals surface area contributed by atoms with E-state index in [9.17, 15) is 9.18 Å². The van der Waals surface area contributed by atoms with Crippen molar-refractivity contribution in [2.24, 2.45) is 0 Å². The highest BCUT2D eigenvalue weighted by atomic mass is 19.1. The van der Waals surface area contributed by atoms with Crippen molar-refractivity contribution < 1.29 is 13.9 Å². The standard InChI is InChI=1S/C16H13FN2O2/c1-21-16-9(4-2-6-12(16)18)15(20)10-8-19-13-7-3-5-11(17)14(10)13/h2-8,19H,18H2,1H3. The first kappa shape index (κ1) is 13.2. The summed E-state index contributed by atoms with van der Waals surface area (Å²) >= 11 is 0. The Hall–Kier alpha value is -2.82. The van der Waals surface area contributed by atoms with Crippen LogP contribution in [0.2, 0.25) is 0 Å². The molecule has 0 unspecified atom stereocenters. The number of anilines is 1. The largest absolute Gasteiger partial charge is 0.494 e. The first-order chi connectivity index (χ1) is 10.1. The Bertz CT molecular complexity index is 839. The smallest absolute Gasteiger partial charge is 0.199 e. The summed E-state index contributed by atoms with van der Waals surface area (Å²) in [7, 11) is 1.44. The molecule has 5 heteroatoms. The third kappa shape index (κ3) is 2.03. The van der Waals surface area contributed by atoms with Crippen molar-refractivity contribution in [1.29, 1.82) is 0 Å². The summed E-state index contributed by atoms with van der Waals surface area (Å²) in [6.07, 6.45) is 1.50. The second kappa shape index (κ2) is 4.94. The zero-order chi connectivity index (χ0) is 15.0. The maximum atomic E-state index is 14.0. The van der Waals surface area contributed by atoms with E-state index in [0.717, 1.165) is 0 Å². The number of benzene rings is 2.